The van der Waals surface area contributed by atoms with Gasteiger partial charge < -0.3 is 5.73 Å². The van der Waals surface area contributed by atoms with Gasteiger partial charge in [-0.15, -0.1) is 0 Å². The number of nitrogens with two attached hydrogens (primary N) is 1. The number of rotatable bonds is 9. The number of benzene rings is 1. The Kier molecular flexibility index (Phi) is 6.95. The van der Waals surface area contributed by atoms with Gasteiger partial charge in [0.1, 0.15) is 10.7 Å². The lowest BCUT2D eigenvalue weighted by atomic mass is 10.1. The Bertz CT molecular complexity index is 518. The molecule has 20 heavy (non-hydrogen) atoms. The van der Waals surface area contributed by atoms with E-state index in [1.165, 1.54) is 25.3 Å². The summed E-state index contributed by atoms with van der Waals surface area (Å²) in [5.41, 5.74) is 5.46. The van der Waals surface area contributed by atoms with Crippen LogP contribution in [0.3, 0.4) is 0 Å². The molecular weight excluding hydrogens is 279 g/mol. The standard InChI is InChI=1S/C14H23FN2O2S/c1-2-3-4-5-6-7-10-17-20(18,19)14-9-8-12(15)11-13(14)16/h8-9,11,17H,2-7,10,16H2,1H3. The molecule has 0 saturated carbocycles. The van der Waals surface area contributed by atoms with Gasteiger partial charge in [-0.2, -0.15) is 0 Å². The number of hydrogen-bond donors (Lipinski definition) is 2. The highest BCUT2D eigenvalue weighted by atomic mass is 32.2. The van der Waals surface area contributed by atoms with Gasteiger partial charge in [0, 0.05) is 6.54 Å². The number of unbranched alkanes of at least 4 members (excludes halogenated alkanes) is 5. The van der Waals surface area contributed by atoms with E-state index in [2.05, 4.69) is 11.6 Å². The number of hydrogen-bond acceptors (Lipinski definition) is 3. The van der Waals surface area contributed by atoms with Crippen molar-refractivity contribution >= 4 is 15.7 Å². The first-order valence-electron chi connectivity index (χ1n) is 7.02. The van der Waals surface area contributed by atoms with E-state index in [4.69, 9.17) is 5.73 Å². The van der Waals surface area contributed by atoms with Crippen molar-refractivity contribution in [2.45, 2.75) is 50.3 Å². The van der Waals surface area contributed by atoms with Crippen molar-refractivity contribution in [3.63, 3.8) is 0 Å². The summed E-state index contributed by atoms with van der Waals surface area (Å²) in [5.74, 6) is -0.544. The van der Waals surface area contributed by atoms with E-state index < -0.39 is 15.8 Å². The predicted molar refractivity (Wildman–Crippen MR) is 79.4 cm³/mol. The highest BCUT2D eigenvalue weighted by Crippen LogP contribution is 2.18. The smallest absolute Gasteiger partial charge is 0.242 e. The molecule has 6 heteroatoms. The summed E-state index contributed by atoms with van der Waals surface area (Å²) in [6.07, 6.45) is 6.52. The van der Waals surface area contributed by atoms with Crippen LogP contribution in [0.5, 0.6) is 0 Å². The summed E-state index contributed by atoms with van der Waals surface area (Å²) in [6, 6.07) is 3.29. The fraction of sp³-hybridized carbons (Fsp3) is 0.571. The molecule has 0 saturated heterocycles. The Hall–Kier alpha value is -1.14. The van der Waals surface area contributed by atoms with Gasteiger partial charge in [0.25, 0.3) is 0 Å². The molecule has 0 aromatic heterocycles. The van der Waals surface area contributed by atoms with Crippen molar-refractivity contribution in [1.82, 2.24) is 4.72 Å². The molecule has 0 aliphatic heterocycles. The molecule has 0 fully saturated rings. The van der Waals surface area contributed by atoms with Crippen LogP contribution in [0.4, 0.5) is 10.1 Å². The summed E-state index contributed by atoms with van der Waals surface area (Å²) >= 11 is 0. The van der Waals surface area contributed by atoms with Crippen molar-refractivity contribution in [2.24, 2.45) is 0 Å². The minimum atomic E-state index is -3.65. The van der Waals surface area contributed by atoms with Crippen LogP contribution in [-0.2, 0) is 10.0 Å². The molecule has 4 nitrogen and oxygen atoms in total. The topological polar surface area (TPSA) is 72.2 Å². The third kappa shape index (κ3) is 5.46. The van der Waals surface area contributed by atoms with Gasteiger partial charge in [-0.25, -0.2) is 17.5 Å². The van der Waals surface area contributed by atoms with Crippen LogP contribution < -0.4 is 10.5 Å². The van der Waals surface area contributed by atoms with Gasteiger partial charge in [-0.1, -0.05) is 39.0 Å². The van der Waals surface area contributed by atoms with E-state index in [9.17, 15) is 12.8 Å². The first-order valence-corrected chi connectivity index (χ1v) is 8.50. The van der Waals surface area contributed by atoms with Crippen LogP contribution in [0.25, 0.3) is 0 Å². The molecule has 0 aliphatic carbocycles. The molecule has 1 aromatic rings. The fourth-order valence-electron chi connectivity index (χ4n) is 1.95. The van der Waals surface area contributed by atoms with E-state index in [0.29, 0.717) is 6.54 Å². The molecule has 1 aromatic carbocycles. The zero-order chi connectivity index (χ0) is 15.0. The molecular formula is C14H23FN2O2S. The van der Waals surface area contributed by atoms with Gasteiger partial charge in [0.15, 0.2) is 0 Å². The molecule has 0 heterocycles. The first kappa shape index (κ1) is 16.9. The van der Waals surface area contributed by atoms with Gasteiger partial charge in [-0.3, -0.25) is 0 Å². The second kappa shape index (κ2) is 8.21. The van der Waals surface area contributed by atoms with Crippen LogP contribution in [0.15, 0.2) is 23.1 Å². The highest BCUT2D eigenvalue weighted by molar-refractivity contribution is 7.89. The Morgan fingerprint density at radius 1 is 1.15 bits per heavy atom. The van der Waals surface area contributed by atoms with Crippen molar-refractivity contribution in [2.75, 3.05) is 12.3 Å². The minimum absolute atomic E-state index is 0.0649. The molecule has 114 valence electrons. The summed E-state index contributed by atoms with van der Waals surface area (Å²) in [4.78, 5) is -0.0649. The molecule has 0 atom stereocenters. The van der Waals surface area contributed by atoms with Crippen LogP contribution in [0.2, 0.25) is 0 Å². The summed E-state index contributed by atoms with van der Waals surface area (Å²) < 4.78 is 39.4. The van der Waals surface area contributed by atoms with E-state index in [0.717, 1.165) is 31.4 Å². The highest BCUT2D eigenvalue weighted by Gasteiger charge is 2.16. The van der Waals surface area contributed by atoms with Crippen molar-refractivity contribution in [3.8, 4) is 0 Å². The van der Waals surface area contributed by atoms with Crippen molar-refractivity contribution in [1.29, 1.82) is 0 Å². The molecule has 0 radical (unpaired) electrons. The van der Waals surface area contributed by atoms with Crippen LogP contribution in [0, 0.1) is 5.82 Å². The fourth-order valence-corrected chi connectivity index (χ4v) is 3.14. The number of nitrogens with one attached hydrogen (secondary N) is 1. The van der Waals surface area contributed by atoms with Gasteiger partial charge in [-0.05, 0) is 24.6 Å². The van der Waals surface area contributed by atoms with E-state index >= 15 is 0 Å². The monoisotopic (exact) mass is 302 g/mol. The van der Waals surface area contributed by atoms with Gasteiger partial charge in [0.2, 0.25) is 10.0 Å². The third-order valence-electron chi connectivity index (χ3n) is 3.08. The SMILES string of the molecule is CCCCCCCCNS(=O)(=O)c1ccc(F)cc1N. The predicted octanol–water partition coefficient (Wildman–Crippen LogP) is 3.05. The average Bonchev–Trinajstić information content (AvgIpc) is 2.37. The lowest BCUT2D eigenvalue weighted by Gasteiger charge is -2.09. The Morgan fingerprint density at radius 3 is 2.45 bits per heavy atom. The normalized spacial score (nSPS) is 11.7. The quantitative estimate of drug-likeness (QED) is 0.544. The maximum Gasteiger partial charge on any atom is 0.242 e. The first-order chi connectivity index (χ1) is 9.47. The van der Waals surface area contributed by atoms with Crippen LogP contribution >= 0.6 is 0 Å². The number of halogens is 1. The number of anilines is 1. The maximum atomic E-state index is 12.9. The van der Waals surface area contributed by atoms with Crippen molar-refractivity contribution in [3.05, 3.63) is 24.0 Å². The zero-order valence-electron chi connectivity index (χ0n) is 11.9. The van der Waals surface area contributed by atoms with Gasteiger partial charge in [0.05, 0.1) is 5.69 Å². The molecule has 0 aliphatic rings. The molecule has 1 rings (SSSR count). The van der Waals surface area contributed by atoms with Crippen LogP contribution in [0.1, 0.15) is 45.4 Å². The zero-order valence-corrected chi connectivity index (χ0v) is 12.7. The van der Waals surface area contributed by atoms with E-state index in [-0.39, 0.29) is 10.6 Å². The Labute approximate surface area is 120 Å². The molecule has 0 unspecified atom stereocenters. The van der Waals surface area contributed by atoms with Crippen molar-refractivity contribution < 1.29 is 12.8 Å². The van der Waals surface area contributed by atoms with E-state index in [1.807, 2.05) is 0 Å². The Balaban J connectivity index is 2.42. The maximum absolute atomic E-state index is 12.9. The number of sulfonamides is 1. The van der Waals surface area contributed by atoms with Gasteiger partial charge >= 0.3 is 0 Å². The summed E-state index contributed by atoms with van der Waals surface area (Å²) in [7, 11) is -3.65. The van der Waals surface area contributed by atoms with E-state index in [1.54, 1.807) is 0 Å². The summed E-state index contributed by atoms with van der Waals surface area (Å²) in [5, 5.41) is 0. The molecule has 0 bridgehead atoms. The van der Waals surface area contributed by atoms with Crippen LogP contribution in [-0.4, -0.2) is 15.0 Å². The Morgan fingerprint density at radius 2 is 1.80 bits per heavy atom. The third-order valence-corrected chi connectivity index (χ3v) is 4.62. The lowest BCUT2D eigenvalue weighted by Crippen LogP contribution is -2.25. The molecule has 0 spiro atoms. The molecule has 3 N–H and O–H groups in total. The summed E-state index contributed by atoms with van der Waals surface area (Å²) in [6.45, 7) is 2.53. The molecule has 0 amide bonds. The average molecular weight is 302 g/mol. The minimum Gasteiger partial charge on any atom is -0.398 e. The number of nitrogen functional groups attached to an aromatic ring is 1. The second-order valence-corrected chi connectivity index (χ2v) is 6.58. The second-order valence-electron chi connectivity index (χ2n) is 4.85. The largest absolute Gasteiger partial charge is 0.398 e. The lowest BCUT2D eigenvalue weighted by molar-refractivity contribution is 0.567.